The number of aliphatic carboxylic acids is 1. The summed E-state index contributed by atoms with van der Waals surface area (Å²) in [4.78, 5) is 35.8. The number of fused-ring (bicyclic) bond motifs is 1. The van der Waals surface area contributed by atoms with Crippen LogP contribution in [-0.2, 0) is 9.59 Å². The van der Waals surface area contributed by atoms with Crippen molar-refractivity contribution in [1.82, 2.24) is 19.9 Å². The minimum atomic E-state index is -5.08. The van der Waals surface area contributed by atoms with E-state index in [0.29, 0.717) is 29.9 Å². The van der Waals surface area contributed by atoms with Crippen LogP contribution < -0.4 is 5.73 Å². The fraction of sp³-hybridized carbons (Fsp3) is 0.250. The molecule has 172 valence electrons. The quantitative estimate of drug-likeness (QED) is 0.450. The molecular formula is C20H16F3N5O4S. The molecule has 3 heterocycles. The third kappa shape index (κ3) is 5.36. The number of hydrogen-bond donors (Lipinski definition) is 3. The van der Waals surface area contributed by atoms with E-state index in [4.69, 9.17) is 15.6 Å². The molecule has 13 heteroatoms. The molecule has 1 atom stereocenters. The topological polar surface area (TPSA) is 143 Å². The number of hydrogen-bond acceptors (Lipinski definition) is 8. The van der Waals surface area contributed by atoms with Gasteiger partial charge < -0.3 is 20.8 Å². The first-order chi connectivity index (χ1) is 15.4. The largest absolute Gasteiger partial charge is 0.490 e. The summed E-state index contributed by atoms with van der Waals surface area (Å²) in [6, 6.07) is 7.45. The Balaban J connectivity index is 0.000000383. The summed E-state index contributed by atoms with van der Waals surface area (Å²) in [7, 11) is 1.66. The number of likely N-dealkylation sites (tertiary alicyclic amines) is 1. The number of carbonyl (C=O) groups excluding carboxylic acids is 1. The Bertz CT molecular complexity index is 1280. The van der Waals surface area contributed by atoms with Gasteiger partial charge in [0, 0.05) is 31.1 Å². The molecule has 2 aromatic heterocycles. The van der Waals surface area contributed by atoms with Crippen LogP contribution in [0, 0.1) is 11.8 Å². The first-order valence-electron chi connectivity index (χ1n) is 9.19. The average molecular weight is 479 g/mol. The zero-order valence-electron chi connectivity index (χ0n) is 16.9. The van der Waals surface area contributed by atoms with Gasteiger partial charge in [-0.15, -0.1) is 0 Å². The summed E-state index contributed by atoms with van der Waals surface area (Å²) in [5.74, 6) is 2.86. The molecule has 0 bridgehead atoms. The molecule has 1 fully saturated rings. The van der Waals surface area contributed by atoms with Crippen molar-refractivity contribution >= 4 is 39.4 Å². The van der Waals surface area contributed by atoms with Crippen LogP contribution in [0.4, 0.5) is 19.0 Å². The fourth-order valence-corrected chi connectivity index (χ4v) is 3.68. The van der Waals surface area contributed by atoms with Gasteiger partial charge in [0.1, 0.15) is 21.7 Å². The summed E-state index contributed by atoms with van der Waals surface area (Å²) in [6.45, 7) is 0.498. The predicted octanol–water partition coefficient (Wildman–Crippen LogP) is 1.91. The monoisotopic (exact) mass is 479 g/mol. The number of thiazole rings is 1. The third-order valence-corrected chi connectivity index (χ3v) is 5.51. The number of nitrogens with two attached hydrogens (primary N) is 1. The molecule has 4 N–H and O–H groups in total. The van der Waals surface area contributed by atoms with Gasteiger partial charge in [-0.05, 0) is 12.1 Å². The Morgan fingerprint density at radius 3 is 2.61 bits per heavy atom. The van der Waals surface area contributed by atoms with Crippen molar-refractivity contribution in [3.8, 4) is 22.4 Å². The molecule has 0 radical (unpaired) electrons. The van der Waals surface area contributed by atoms with Crippen LogP contribution in [0.25, 0.3) is 20.9 Å². The molecule has 0 spiro atoms. The maximum atomic E-state index is 12.0. The molecule has 1 aliphatic rings. The number of aliphatic hydroxyl groups is 1. The highest BCUT2D eigenvalue weighted by Gasteiger charge is 2.42. The number of rotatable bonds is 1. The summed E-state index contributed by atoms with van der Waals surface area (Å²) >= 11 is 1.42. The molecule has 0 aliphatic carbocycles. The van der Waals surface area contributed by atoms with Gasteiger partial charge in [-0.2, -0.15) is 13.2 Å². The number of benzene rings is 1. The second-order valence-corrected chi connectivity index (χ2v) is 7.88. The van der Waals surface area contributed by atoms with Crippen molar-refractivity contribution in [2.24, 2.45) is 0 Å². The highest BCUT2D eigenvalue weighted by atomic mass is 32.1. The van der Waals surface area contributed by atoms with E-state index in [1.54, 1.807) is 7.05 Å². The average Bonchev–Trinajstić information content (AvgIpc) is 3.31. The number of halogens is 3. The third-order valence-electron chi connectivity index (χ3n) is 4.50. The molecule has 0 unspecified atom stereocenters. The molecule has 1 aliphatic heterocycles. The highest BCUT2D eigenvalue weighted by molar-refractivity contribution is 7.21. The van der Waals surface area contributed by atoms with Crippen LogP contribution in [0.5, 0.6) is 0 Å². The van der Waals surface area contributed by atoms with Gasteiger partial charge in [-0.25, -0.2) is 19.7 Å². The predicted molar refractivity (Wildman–Crippen MR) is 113 cm³/mol. The number of amides is 1. The van der Waals surface area contributed by atoms with Crippen molar-refractivity contribution in [2.75, 3.05) is 19.3 Å². The van der Waals surface area contributed by atoms with E-state index >= 15 is 0 Å². The lowest BCUT2D eigenvalue weighted by Crippen LogP contribution is -2.37. The van der Waals surface area contributed by atoms with Crippen molar-refractivity contribution in [3.05, 3.63) is 36.2 Å². The van der Waals surface area contributed by atoms with E-state index in [0.717, 1.165) is 15.4 Å². The van der Waals surface area contributed by atoms with Gasteiger partial charge in [0.15, 0.2) is 5.82 Å². The lowest BCUT2D eigenvalue weighted by molar-refractivity contribution is -0.192. The molecule has 3 aromatic rings. The van der Waals surface area contributed by atoms with Gasteiger partial charge in [-0.1, -0.05) is 35.3 Å². The van der Waals surface area contributed by atoms with Gasteiger partial charge in [0.2, 0.25) is 5.60 Å². The van der Waals surface area contributed by atoms with E-state index in [2.05, 4.69) is 26.8 Å². The fourth-order valence-electron chi connectivity index (χ4n) is 2.77. The second kappa shape index (κ2) is 9.00. The standard InChI is InChI=1S/C18H15N5O2S.C2HF3O2/c1-23-8-7-18(25,17(23)24)6-5-11-3-2-4-12(9-11)15-22-13-14(19)20-10-21-16(13)26-15;3-2(4,5)1(6)7/h2-4,9-10,25H,7-8H2,1H3,(H2,19,20,21);(H,6,7)/t18-;/m0./s1. The minimum absolute atomic E-state index is 0.310. The molecule has 1 aromatic carbocycles. The zero-order valence-corrected chi connectivity index (χ0v) is 17.7. The summed E-state index contributed by atoms with van der Waals surface area (Å²) in [5.41, 5.74) is 6.37. The Hall–Kier alpha value is -3.76. The van der Waals surface area contributed by atoms with E-state index in [-0.39, 0.29) is 5.91 Å². The second-order valence-electron chi connectivity index (χ2n) is 6.90. The number of aromatic nitrogens is 3. The molecule has 4 rings (SSSR count). The molecule has 1 saturated heterocycles. The summed E-state index contributed by atoms with van der Waals surface area (Å²) in [5, 5.41) is 18.3. The van der Waals surface area contributed by atoms with Crippen LogP contribution in [0.2, 0.25) is 0 Å². The number of carbonyl (C=O) groups is 2. The Kier molecular flexibility index (Phi) is 6.52. The van der Waals surface area contributed by atoms with Crippen LogP contribution >= 0.6 is 11.3 Å². The number of alkyl halides is 3. The summed E-state index contributed by atoms with van der Waals surface area (Å²) in [6.07, 6.45) is -3.36. The molecule has 9 nitrogen and oxygen atoms in total. The molecule has 0 saturated carbocycles. The van der Waals surface area contributed by atoms with Crippen LogP contribution in [0.3, 0.4) is 0 Å². The number of anilines is 1. The van der Waals surface area contributed by atoms with Gasteiger partial charge in [0.25, 0.3) is 5.91 Å². The Morgan fingerprint density at radius 2 is 2.03 bits per heavy atom. The summed E-state index contributed by atoms with van der Waals surface area (Å²) < 4.78 is 31.7. The van der Waals surface area contributed by atoms with Crippen LogP contribution in [-0.4, -0.2) is 67.3 Å². The first-order valence-corrected chi connectivity index (χ1v) is 10.0. The van der Waals surface area contributed by atoms with E-state index in [9.17, 15) is 23.1 Å². The number of carboxylic acid groups (broad SMARTS) is 1. The van der Waals surface area contributed by atoms with Crippen molar-refractivity contribution in [3.63, 3.8) is 0 Å². The van der Waals surface area contributed by atoms with E-state index in [1.165, 1.54) is 22.6 Å². The molecule has 33 heavy (non-hydrogen) atoms. The zero-order chi connectivity index (χ0) is 24.4. The highest BCUT2D eigenvalue weighted by Crippen LogP contribution is 2.31. The Morgan fingerprint density at radius 1 is 1.33 bits per heavy atom. The van der Waals surface area contributed by atoms with Gasteiger partial charge >= 0.3 is 12.1 Å². The maximum absolute atomic E-state index is 12.0. The van der Waals surface area contributed by atoms with Crippen LogP contribution in [0.15, 0.2) is 30.6 Å². The lowest BCUT2D eigenvalue weighted by Gasteiger charge is -2.13. The number of nitrogens with zero attached hydrogens (tertiary/aromatic N) is 4. The molecule has 1 amide bonds. The lowest BCUT2D eigenvalue weighted by atomic mass is 10.0. The first kappa shape index (κ1) is 23.9. The minimum Gasteiger partial charge on any atom is -0.475 e. The number of carboxylic acids is 1. The van der Waals surface area contributed by atoms with Crippen molar-refractivity contribution < 1.29 is 33.0 Å². The van der Waals surface area contributed by atoms with Crippen molar-refractivity contribution in [2.45, 2.75) is 18.2 Å². The van der Waals surface area contributed by atoms with Crippen LogP contribution in [0.1, 0.15) is 12.0 Å². The number of nitrogen functional groups attached to an aromatic ring is 1. The molecular weight excluding hydrogens is 463 g/mol. The normalized spacial score (nSPS) is 17.8. The van der Waals surface area contributed by atoms with E-state index in [1.807, 2.05) is 24.3 Å². The van der Waals surface area contributed by atoms with Crippen molar-refractivity contribution in [1.29, 1.82) is 0 Å². The van der Waals surface area contributed by atoms with Gasteiger partial charge in [0.05, 0.1) is 0 Å². The van der Waals surface area contributed by atoms with E-state index < -0.39 is 17.7 Å². The Labute approximate surface area is 188 Å². The smallest absolute Gasteiger partial charge is 0.475 e. The maximum Gasteiger partial charge on any atom is 0.490 e. The SMILES string of the molecule is CN1CC[C@@](O)(C#Cc2cccc(-c3nc4c(N)ncnc4s3)c2)C1=O.O=C(O)C(F)(F)F. The number of likely N-dealkylation sites (N-methyl/N-ethyl adjacent to an activating group) is 1. The van der Waals surface area contributed by atoms with Gasteiger partial charge in [-0.3, -0.25) is 4.79 Å².